The first-order valence-corrected chi connectivity index (χ1v) is 10.3. The third-order valence-corrected chi connectivity index (χ3v) is 4.90. The number of H-pyrrole nitrogens is 1. The molecule has 0 saturated heterocycles. The number of halogens is 1. The Morgan fingerprint density at radius 1 is 1.10 bits per heavy atom. The lowest BCUT2D eigenvalue weighted by molar-refractivity contribution is 0.641. The van der Waals surface area contributed by atoms with Gasteiger partial charge in [-0.05, 0) is 37.5 Å². The number of nitrogens with zero attached hydrogens (tertiary/aromatic N) is 2. The number of benzene rings is 1. The van der Waals surface area contributed by atoms with E-state index < -0.39 is 0 Å². The number of anilines is 3. The van der Waals surface area contributed by atoms with E-state index in [0.717, 1.165) is 30.6 Å². The molecule has 0 fully saturated rings. The Morgan fingerprint density at radius 2 is 1.87 bits per heavy atom. The fraction of sp³-hybridized carbons (Fsp3) is 0.304. The normalized spacial score (nSPS) is 12.2. The Balaban J connectivity index is 1.78. The van der Waals surface area contributed by atoms with E-state index in [1.165, 1.54) is 23.9 Å². The van der Waals surface area contributed by atoms with Gasteiger partial charge in [-0.2, -0.15) is 0 Å². The van der Waals surface area contributed by atoms with Crippen molar-refractivity contribution in [3.8, 4) is 0 Å². The highest BCUT2D eigenvalue weighted by Gasteiger charge is 2.15. The predicted octanol–water partition coefficient (Wildman–Crippen LogP) is 4.52. The molecule has 0 saturated carbocycles. The number of rotatable bonds is 10. The molecule has 31 heavy (non-hydrogen) atoms. The van der Waals surface area contributed by atoms with Gasteiger partial charge >= 0.3 is 0 Å². The zero-order chi connectivity index (χ0) is 22.2. The minimum Gasteiger partial charge on any atom is -0.393 e. The lowest BCUT2D eigenvalue weighted by Crippen LogP contribution is -2.12. The van der Waals surface area contributed by atoms with Gasteiger partial charge in [0.2, 0.25) is 0 Å². The summed E-state index contributed by atoms with van der Waals surface area (Å²) in [5.41, 5.74) is 3.78. The van der Waals surface area contributed by atoms with Gasteiger partial charge < -0.3 is 26.3 Å². The van der Waals surface area contributed by atoms with E-state index in [4.69, 9.17) is 0 Å². The molecule has 1 aromatic carbocycles. The topological polar surface area (TPSA) is 89.7 Å². The summed E-state index contributed by atoms with van der Waals surface area (Å²) < 4.78 is 13.6. The lowest BCUT2D eigenvalue weighted by atomic mass is 10.1. The molecule has 0 aliphatic rings. The van der Waals surface area contributed by atoms with Gasteiger partial charge in [-0.1, -0.05) is 18.2 Å². The lowest BCUT2D eigenvalue weighted by Gasteiger charge is -2.16. The summed E-state index contributed by atoms with van der Waals surface area (Å²) in [6.07, 6.45) is 7.04. The molecule has 0 unspecified atom stereocenters. The van der Waals surface area contributed by atoms with Gasteiger partial charge in [0.25, 0.3) is 0 Å². The molecule has 0 aliphatic heterocycles. The van der Waals surface area contributed by atoms with Crippen molar-refractivity contribution < 1.29 is 4.39 Å². The third-order valence-electron chi connectivity index (χ3n) is 4.90. The number of aryl methyl sites for hydroxylation is 1. The molecule has 5 N–H and O–H groups in total. The highest BCUT2D eigenvalue weighted by Crippen LogP contribution is 2.29. The van der Waals surface area contributed by atoms with Gasteiger partial charge in [-0.15, -0.1) is 0 Å². The number of aromatic amines is 1. The van der Waals surface area contributed by atoms with Crippen molar-refractivity contribution in [2.75, 3.05) is 43.6 Å². The fourth-order valence-electron chi connectivity index (χ4n) is 3.50. The highest BCUT2D eigenvalue weighted by molar-refractivity contribution is 5.83. The molecule has 2 heterocycles. The quantitative estimate of drug-likeness (QED) is 0.243. The van der Waals surface area contributed by atoms with E-state index >= 15 is 0 Å². The zero-order valence-corrected chi connectivity index (χ0v) is 18.4. The average Bonchev–Trinajstić information content (AvgIpc) is 3.18. The van der Waals surface area contributed by atoms with E-state index in [1.54, 1.807) is 20.3 Å². The van der Waals surface area contributed by atoms with Gasteiger partial charge in [0.1, 0.15) is 5.69 Å². The summed E-state index contributed by atoms with van der Waals surface area (Å²) in [6.45, 7) is 2.13. The smallest absolute Gasteiger partial charge is 0.165 e. The maximum Gasteiger partial charge on any atom is 0.165 e. The summed E-state index contributed by atoms with van der Waals surface area (Å²) in [5, 5.41) is 13.8. The summed E-state index contributed by atoms with van der Waals surface area (Å²) in [4.78, 5) is 12.5. The van der Waals surface area contributed by atoms with Crippen molar-refractivity contribution in [3.05, 3.63) is 60.0 Å². The van der Waals surface area contributed by atoms with Crippen molar-refractivity contribution in [3.63, 3.8) is 0 Å². The van der Waals surface area contributed by atoms with Crippen LogP contribution in [0.15, 0.2) is 48.6 Å². The van der Waals surface area contributed by atoms with Crippen LogP contribution >= 0.6 is 0 Å². The molecule has 3 aromatic rings. The van der Waals surface area contributed by atoms with Crippen LogP contribution in [0.25, 0.3) is 16.5 Å². The second-order valence-corrected chi connectivity index (χ2v) is 7.13. The minimum absolute atomic E-state index is 0.318. The fourth-order valence-corrected chi connectivity index (χ4v) is 3.50. The number of para-hydroxylation sites is 1. The second-order valence-electron chi connectivity index (χ2n) is 7.13. The Hall–Kier alpha value is -3.55. The molecule has 0 amide bonds. The first-order valence-electron chi connectivity index (χ1n) is 10.3. The van der Waals surface area contributed by atoms with Gasteiger partial charge in [0.05, 0.1) is 5.83 Å². The number of aromatic nitrogens is 3. The third kappa shape index (κ3) is 5.33. The maximum atomic E-state index is 13.6. The van der Waals surface area contributed by atoms with E-state index in [-0.39, 0.29) is 5.83 Å². The average molecular weight is 424 g/mol. The highest BCUT2D eigenvalue weighted by atomic mass is 19.1. The summed E-state index contributed by atoms with van der Waals surface area (Å²) in [5.74, 6) is 1.41. The maximum absolute atomic E-state index is 13.6. The summed E-state index contributed by atoms with van der Waals surface area (Å²) >= 11 is 0. The number of nitrogens with one attached hydrogen (secondary N) is 5. The van der Waals surface area contributed by atoms with Gasteiger partial charge in [0.15, 0.2) is 17.5 Å². The van der Waals surface area contributed by atoms with Gasteiger partial charge in [-0.3, -0.25) is 0 Å². The minimum atomic E-state index is -0.318. The SMILES string of the molecule is CN/C=C(\C=C(/C)F)c1nc(NC)c(NC)c(NCCCc2c[nH]c3ccccc23)n1. The Labute approximate surface area is 182 Å². The first-order chi connectivity index (χ1) is 15.1. The van der Waals surface area contributed by atoms with E-state index in [2.05, 4.69) is 60.6 Å². The van der Waals surface area contributed by atoms with Crippen LogP contribution in [0.3, 0.4) is 0 Å². The van der Waals surface area contributed by atoms with Crippen LogP contribution in [0, 0.1) is 0 Å². The number of allylic oxidation sites excluding steroid dienone is 3. The largest absolute Gasteiger partial charge is 0.393 e. The van der Waals surface area contributed by atoms with Crippen LogP contribution in [0.2, 0.25) is 0 Å². The molecular weight excluding hydrogens is 393 g/mol. The molecule has 2 aromatic heterocycles. The van der Waals surface area contributed by atoms with Gasteiger partial charge in [0, 0.05) is 56.6 Å². The Kier molecular flexibility index (Phi) is 7.48. The van der Waals surface area contributed by atoms with Crippen molar-refractivity contribution in [1.82, 2.24) is 20.3 Å². The van der Waals surface area contributed by atoms with E-state index in [9.17, 15) is 4.39 Å². The molecular formula is C23H30FN7. The van der Waals surface area contributed by atoms with Gasteiger partial charge in [-0.25, -0.2) is 14.4 Å². The van der Waals surface area contributed by atoms with Crippen molar-refractivity contribution in [2.24, 2.45) is 0 Å². The molecule has 164 valence electrons. The molecule has 7 nitrogen and oxygen atoms in total. The molecule has 3 rings (SSSR count). The Morgan fingerprint density at radius 3 is 2.58 bits per heavy atom. The Bertz CT molecular complexity index is 1080. The number of hydrogen-bond acceptors (Lipinski definition) is 6. The molecule has 8 heteroatoms. The van der Waals surface area contributed by atoms with Crippen LogP contribution in [0.1, 0.15) is 24.7 Å². The van der Waals surface area contributed by atoms with E-state index in [0.29, 0.717) is 23.0 Å². The molecule has 0 atom stereocenters. The molecule has 0 aliphatic carbocycles. The monoisotopic (exact) mass is 423 g/mol. The second kappa shape index (κ2) is 10.5. The summed E-state index contributed by atoms with van der Waals surface area (Å²) in [7, 11) is 5.38. The van der Waals surface area contributed by atoms with Crippen molar-refractivity contribution in [2.45, 2.75) is 19.8 Å². The first kappa shape index (κ1) is 22.1. The zero-order valence-electron chi connectivity index (χ0n) is 18.4. The van der Waals surface area contributed by atoms with Crippen molar-refractivity contribution >= 4 is 33.8 Å². The number of hydrogen-bond donors (Lipinski definition) is 5. The predicted molar refractivity (Wildman–Crippen MR) is 128 cm³/mol. The molecule has 0 bridgehead atoms. The van der Waals surface area contributed by atoms with Crippen LogP contribution in [-0.2, 0) is 6.42 Å². The number of fused-ring (bicyclic) bond motifs is 1. The van der Waals surface area contributed by atoms with E-state index in [1.807, 2.05) is 13.1 Å². The molecule has 0 spiro atoms. The van der Waals surface area contributed by atoms with Crippen LogP contribution < -0.4 is 21.3 Å². The standard InChI is InChI=1S/C23H30FN7/c1-15(24)12-17(13-25-2)21-30-22(27-4)20(26-3)23(31-21)28-11-7-8-16-14-29-19-10-6-5-9-18(16)19/h5-6,9-10,12-14,25-26,29H,7-8,11H2,1-4H3,(H2,27,28,30,31)/b15-12+,17-13+. The van der Waals surface area contributed by atoms with Crippen LogP contribution in [-0.4, -0.2) is 42.6 Å². The summed E-state index contributed by atoms with van der Waals surface area (Å²) in [6, 6.07) is 8.32. The van der Waals surface area contributed by atoms with Crippen LogP contribution in [0.5, 0.6) is 0 Å². The van der Waals surface area contributed by atoms with Crippen LogP contribution in [0.4, 0.5) is 21.7 Å². The molecule has 0 radical (unpaired) electrons. The van der Waals surface area contributed by atoms with Crippen molar-refractivity contribution in [1.29, 1.82) is 0 Å².